The highest BCUT2D eigenvalue weighted by Gasteiger charge is 2.39. The SMILES string of the molecule is CCOC(=O)C1=C(O)C(=CC(=O)c2ccc(Cl)cc2)N(NC(=O)c2ccccc2)C1=N. The summed E-state index contributed by atoms with van der Waals surface area (Å²) in [7, 11) is 0. The molecule has 9 heteroatoms. The quantitative estimate of drug-likeness (QED) is 0.360. The van der Waals surface area contributed by atoms with Gasteiger partial charge in [-0.2, -0.15) is 0 Å². The summed E-state index contributed by atoms with van der Waals surface area (Å²) in [5.41, 5.74) is 2.27. The van der Waals surface area contributed by atoms with Gasteiger partial charge in [0.05, 0.1) is 6.61 Å². The number of hydrazine groups is 1. The van der Waals surface area contributed by atoms with E-state index in [0.29, 0.717) is 5.02 Å². The molecule has 1 aliphatic rings. The summed E-state index contributed by atoms with van der Waals surface area (Å²) < 4.78 is 4.89. The molecule has 0 atom stereocenters. The van der Waals surface area contributed by atoms with Gasteiger partial charge in [-0.1, -0.05) is 29.8 Å². The number of aliphatic hydroxyl groups excluding tert-OH is 1. The maximum absolute atomic E-state index is 12.7. The lowest BCUT2D eigenvalue weighted by molar-refractivity contribution is -0.138. The zero-order valence-electron chi connectivity index (χ0n) is 16.4. The number of carbonyl (C=O) groups excluding carboxylic acids is 3. The molecule has 0 bridgehead atoms. The van der Waals surface area contributed by atoms with Crippen molar-refractivity contribution in [1.29, 1.82) is 5.41 Å². The Morgan fingerprint density at radius 2 is 1.74 bits per heavy atom. The number of carbonyl (C=O) groups is 3. The van der Waals surface area contributed by atoms with Crippen molar-refractivity contribution in [2.45, 2.75) is 6.92 Å². The molecule has 2 aromatic rings. The highest BCUT2D eigenvalue weighted by atomic mass is 35.5. The molecule has 0 saturated carbocycles. The number of hydrogen-bond acceptors (Lipinski definition) is 6. The van der Waals surface area contributed by atoms with Crippen molar-refractivity contribution in [1.82, 2.24) is 10.4 Å². The van der Waals surface area contributed by atoms with Gasteiger partial charge in [0, 0.05) is 22.2 Å². The van der Waals surface area contributed by atoms with Crippen LogP contribution in [0.3, 0.4) is 0 Å². The van der Waals surface area contributed by atoms with Gasteiger partial charge < -0.3 is 9.84 Å². The number of amides is 1. The van der Waals surface area contributed by atoms with Crippen LogP contribution >= 0.6 is 11.6 Å². The van der Waals surface area contributed by atoms with Crippen molar-refractivity contribution in [2.24, 2.45) is 0 Å². The number of amidine groups is 1. The first-order chi connectivity index (χ1) is 14.8. The first-order valence-corrected chi connectivity index (χ1v) is 9.58. The predicted molar refractivity (Wildman–Crippen MR) is 114 cm³/mol. The summed E-state index contributed by atoms with van der Waals surface area (Å²) in [5, 5.41) is 20.2. The van der Waals surface area contributed by atoms with Gasteiger partial charge in [0.2, 0.25) is 0 Å². The van der Waals surface area contributed by atoms with Gasteiger partial charge in [-0.05, 0) is 43.3 Å². The van der Waals surface area contributed by atoms with Crippen LogP contribution in [0.1, 0.15) is 27.6 Å². The Morgan fingerprint density at radius 3 is 2.35 bits per heavy atom. The first kappa shape index (κ1) is 21.8. The van der Waals surface area contributed by atoms with Crippen LogP contribution in [0.2, 0.25) is 5.02 Å². The lowest BCUT2D eigenvalue weighted by Gasteiger charge is -2.21. The van der Waals surface area contributed by atoms with E-state index >= 15 is 0 Å². The molecule has 0 radical (unpaired) electrons. The van der Waals surface area contributed by atoms with E-state index in [1.165, 1.54) is 24.3 Å². The molecular weight excluding hydrogens is 422 g/mol. The van der Waals surface area contributed by atoms with E-state index in [4.69, 9.17) is 21.7 Å². The summed E-state index contributed by atoms with van der Waals surface area (Å²) in [6, 6.07) is 14.2. The molecule has 0 aromatic heterocycles. The van der Waals surface area contributed by atoms with Crippen LogP contribution in [0.5, 0.6) is 0 Å². The van der Waals surface area contributed by atoms with E-state index in [2.05, 4.69) is 5.43 Å². The van der Waals surface area contributed by atoms with E-state index in [9.17, 15) is 19.5 Å². The minimum absolute atomic E-state index is 0.0159. The smallest absolute Gasteiger partial charge is 0.345 e. The Kier molecular flexibility index (Phi) is 6.52. The Labute approximate surface area is 182 Å². The number of nitrogens with zero attached hydrogens (tertiary/aromatic N) is 1. The second-order valence-electron chi connectivity index (χ2n) is 6.34. The Hall–Kier alpha value is -3.91. The maximum atomic E-state index is 12.7. The molecule has 0 unspecified atom stereocenters. The molecule has 0 fully saturated rings. The van der Waals surface area contributed by atoms with Crippen LogP contribution in [0.4, 0.5) is 0 Å². The van der Waals surface area contributed by atoms with Gasteiger partial charge in [0.25, 0.3) is 5.91 Å². The number of ketones is 1. The number of halogens is 1. The Balaban J connectivity index is 1.99. The summed E-state index contributed by atoms with van der Waals surface area (Å²) in [6.07, 6.45) is 1.02. The molecule has 31 heavy (non-hydrogen) atoms. The van der Waals surface area contributed by atoms with Crippen LogP contribution in [-0.4, -0.2) is 40.2 Å². The van der Waals surface area contributed by atoms with E-state index in [-0.39, 0.29) is 23.4 Å². The second-order valence-corrected chi connectivity index (χ2v) is 6.77. The van der Waals surface area contributed by atoms with Crippen LogP contribution in [0, 0.1) is 5.41 Å². The minimum atomic E-state index is -0.952. The summed E-state index contributed by atoms with van der Waals surface area (Å²) in [5.74, 6) is -3.27. The van der Waals surface area contributed by atoms with Gasteiger partial charge >= 0.3 is 5.97 Å². The molecule has 1 amide bonds. The number of esters is 1. The average Bonchev–Trinajstić information content (AvgIpc) is 2.98. The predicted octanol–water partition coefficient (Wildman–Crippen LogP) is 3.42. The number of ether oxygens (including phenoxy) is 1. The molecule has 1 heterocycles. The summed E-state index contributed by atoms with van der Waals surface area (Å²) >= 11 is 5.84. The molecule has 0 spiro atoms. The normalized spacial score (nSPS) is 14.7. The fraction of sp³-hybridized carbons (Fsp3) is 0.0909. The van der Waals surface area contributed by atoms with Crippen molar-refractivity contribution in [2.75, 3.05) is 6.61 Å². The third-order valence-electron chi connectivity index (χ3n) is 4.31. The van der Waals surface area contributed by atoms with Crippen LogP contribution in [-0.2, 0) is 9.53 Å². The third-order valence-corrected chi connectivity index (χ3v) is 4.56. The van der Waals surface area contributed by atoms with Gasteiger partial charge in [0.1, 0.15) is 11.3 Å². The molecule has 158 valence electrons. The van der Waals surface area contributed by atoms with Crippen LogP contribution in [0.15, 0.2) is 77.7 Å². The first-order valence-electron chi connectivity index (χ1n) is 9.21. The van der Waals surface area contributed by atoms with E-state index < -0.39 is 34.8 Å². The standard InChI is InChI=1S/C22H18ClN3O5/c1-2-31-22(30)18-19(28)16(12-17(27)13-8-10-15(23)11-9-13)26(20(18)24)25-21(29)14-6-4-3-5-7-14/h3-12,24,28H,2H2,1H3,(H,25,29). The molecule has 0 saturated heterocycles. The van der Waals surface area contributed by atoms with E-state index in [1.807, 2.05) is 0 Å². The van der Waals surface area contributed by atoms with E-state index in [1.54, 1.807) is 37.3 Å². The molecule has 3 rings (SSSR count). The number of nitrogens with one attached hydrogen (secondary N) is 2. The lowest BCUT2D eigenvalue weighted by atomic mass is 10.1. The van der Waals surface area contributed by atoms with Gasteiger partial charge in [-0.25, -0.2) is 9.80 Å². The van der Waals surface area contributed by atoms with E-state index in [0.717, 1.165) is 11.1 Å². The van der Waals surface area contributed by atoms with Crippen LogP contribution in [0.25, 0.3) is 0 Å². The fourth-order valence-corrected chi connectivity index (χ4v) is 2.93. The highest BCUT2D eigenvalue weighted by Crippen LogP contribution is 2.28. The Bertz CT molecular complexity index is 1110. The van der Waals surface area contributed by atoms with Crippen LogP contribution < -0.4 is 5.43 Å². The fourth-order valence-electron chi connectivity index (χ4n) is 2.80. The zero-order valence-corrected chi connectivity index (χ0v) is 17.1. The summed E-state index contributed by atoms with van der Waals surface area (Å²) in [6.45, 7) is 1.59. The van der Waals surface area contributed by atoms with Gasteiger partial charge in [-0.15, -0.1) is 0 Å². The summed E-state index contributed by atoms with van der Waals surface area (Å²) in [4.78, 5) is 37.5. The zero-order chi connectivity index (χ0) is 22.5. The lowest BCUT2D eigenvalue weighted by Crippen LogP contribution is -2.43. The Morgan fingerprint density at radius 1 is 1.10 bits per heavy atom. The van der Waals surface area contributed by atoms with Crippen molar-refractivity contribution in [3.8, 4) is 0 Å². The van der Waals surface area contributed by atoms with Crippen molar-refractivity contribution >= 4 is 35.1 Å². The van der Waals surface area contributed by atoms with Crippen molar-refractivity contribution in [3.63, 3.8) is 0 Å². The van der Waals surface area contributed by atoms with Crippen molar-refractivity contribution < 1.29 is 24.2 Å². The molecule has 2 aromatic carbocycles. The number of hydrogen-bond donors (Lipinski definition) is 3. The largest absolute Gasteiger partial charge is 0.505 e. The average molecular weight is 440 g/mol. The molecule has 8 nitrogen and oxygen atoms in total. The van der Waals surface area contributed by atoms with Gasteiger partial charge in [-0.3, -0.25) is 20.4 Å². The second kappa shape index (κ2) is 9.27. The van der Waals surface area contributed by atoms with Crippen molar-refractivity contribution in [3.05, 3.63) is 93.9 Å². The highest BCUT2D eigenvalue weighted by molar-refractivity contribution is 6.30. The molecule has 3 N–H and O–H groups in total. The number of rotatable bonds is 6. The monoisotopic (exact) mass is 439 g/mol. The maximum Gasteiger partial charge on any atom is 0.345 e. The minimum Gasteiger partial charge on any atom is -0.505 e. The topological polar surface area (TPSA) is 120 Å². The number of allylic oxidation sites excluding steroid dienone is 1. The molecule has 0 aliphatic carbocycles. The third kappa shape index (κ3) is 4.65. The molecule has 1 aliphatic heterocycles. The number of aliphatic hydroxyl groups is 1. The number of benzene rings is 2. The van der Waals surface area contributed by atoms with Gasteiger partial charge in [0.15, 0.2) is 17.4 Å². The molecular formula is C22H18ClN3O5.